The Balaban J connectivity index is 1.61. The van der Waals surface area contributed by atoms with E-state index in [4.69, 9.17) is 0 Å². The summed E-state index contributed by atoms with van der Waals surface area (Å²) >= 11 is 0. The summed E-state index contributed by atoms with van der Waals surface area (Å²) in [4.78, 5) is 28.0. The molecule has 1 aliphatic heterocycles. The van der Waals surface area contributed by atoms with E-state index in [0.717, 1.165) is 35.5 Å². The van der Waals surface area contributed by atoms with E-state index in [1.165, 1.54) is 0 Å². The number of nitrogens with zero attached hydrogens (tertiary/aromatic N) is 5. The Hall–Kier alpha value is -3.09. The molecule has 1 atom stereocenters. The number of rotatable bonds is 3. The second-order valence-corrected chi connectivity index (χ2v) is 8.14. The Morgan fingerprint density at radius 2 is 1.86 bits per heavy atom. The van der Waals surface area contributed by atoms with Gasteiger partial charge in [-0.2, -0.15) is 5.10 Å². The minimum Gasteiger partial charge on any atom is -0.330 e. The third kappa shape index (κ3) is 3.40. The van der Waals surface area contributed by atoms with Crippen molar-refractivity contribution in [2.45, 2.75) is 45.1 Å². The molecule has 4 heterocycles. The minimum atomic E-state index is -0.146. The van der Waals surface area contributed by atoms with Crippen molar-refractivity contribution in [3.05, 3.63) is 60.2 Å². The molecular formula is C21H24N6O. The van der Waals surface area contributed by atoms with Gasteiger partial charge >= 0.3 is 0 Å². The van der Waals surface area contributed by atoms with E-state index in [1.807, 2.05) is 23.2 Å². The Labute approximate surface area is 164 Å². The number of carbonyl (C=O) groups is 1. The van der Waals surface area contributed by atoms with Gasteiger partial charge in [0.2, 0.25) is 0 Å². The highest BCUT2D eigenvalue weighted by atomic mass is 16.2. The first-order valence-electron chi connectivity index (χ1n) is 9.52. The number of hydrogen-bond donors (Lipinski definition) is 1. The number of nitrogens with one attached hydrogen (secondary N) is 1. The second-order valence-electron chi connectivity index (χ2n) is 8.14. The van der Waals surface area contributed by atoms with E-state index >= 15 is 0 Å². The maximum atomic E-state index is 13.2. The number of likely N-dealkylation sites (tertiary alicyclic amines) is 1. The Bertz CT molecular complexity index is 959. The van der Waals surface area contributed by atoms with Crippen LogP contribution in [0.1, 0.15) is 61.5 Å². The summed E-state index contributed by atoms with van der Waals surface area (Å²) in [5, 5.41) is 7.36. The zero-order valence-electron chi connectivity index (χ0n) is 16.4. The lowest BCUT2D eigenvalue weighted by Crippen LogP contribution is -2.31. The van der Waals surface area contributed by atoms with Gasteiger partial charge in [-0.3, -0.25) is 14.9 Å². The molecule has 0 unspecified atom stereocenters. The van der Waals surface area contributed by atoms with Gasteiger partial charge in [0.05, 0.1) is 23.5 Å². The first-order valence-corrected chi connectivity index (χ1v) is 9.52. The standard InChI is InChI=1S/C21H24N6O/c1-21(2,3)20-23-11-15(12-24-20)19(28)27-10-4-5-17(27)18-16(13-25-26-18)14-6-8-22-9-7-14/h6-9,11-13,17H,4-5,10H2,1-3H3,(H,25,26)/t17-/m0/s1. The van der Waals surface area contributed by atoms with Gasteiger partial charge in [0.15, 0.2) is 0 Å². The highest BCUT2D eigenvalue weighted by molar-refractivity contribution is 5.94. The van der Waals surface area contributed by atoms with Crippen LogP contribution in [0.3, 0.4) is 0 Å². The number of hydrogen-bond acceptors (Lipinski definition) is 5. The number of carbonyl (C=O) groups excluding carboxylic acids is 1. The SMILES string of the molecule is CC(C)(C)c1ncc(C(=O)N2CCC[C@H]2c2[nH]ncc2-c2ccncc2)cn1. The third-order valence-corrected chi connectivity index (χ3v) is 5.08. The zero-order chi connectivity index (χ0) is 19.7. The lowest BCUT2D eigenvalue weighted by Gasteiger charge is -2.25. The Kier molecular flexibility index (Phi) is 4.66. The lowest BCUT2D eigenvalue weighted by atomic mass is 9.96. The topological polar surface area (TPSA) is 87.7 Å². The van der Waals surface area contributed by atoms with Gasteiger partial charge in [0, 0.05) is 42.3 Å². The van der Waals surface area contributed by atoms with E-state index in [9.17, 15) is 4.79 Å². The lowest BCUT2D eigenvalue weighted by molar-refractivity contribution is 0.0732. The molecule has 1 aliphatic rings. The van der Waals surface area contributed by atoms with Crippen molar-refractivity contribution in [3.8, 4) is 11.1 Å². The largest absolute Gasteiger partial charge is 0.330 e. The zero-order valence-corrected chi connectivity index (χ0v) is 16.4. The maximum Gasteiger partial charge on any atom is 0.257 e. The molecule has 0 bridgehead atoms. The van der Waals surface area contributed by atoms with Crippen molar-refractivity contribution in [2.24, 2.45) is 0 Å². The molecule has 0 aromatic carbocycles. The minimum absolute atomic E-state index is 0.0412. The molecule has 3 aromatic heterocycles. The second kappa shape index (κ2) is 7.14. The predicted octanol–water partition coefficient (Wildman–Crippen LogP) is 3.54. The summed E-state index contributed by atoms with van der Waals surface area (Å²) in [5.41, 5.74) is 3.38. The van der Waals surface area contributed by atoms with Gasteiger partial charge in [-0.25, -0.2) is 9.97 Å². The van der Waals surface area contributed by atoms with Crippen LogP contribution in [-0.4, -0.2) is 42.5 Å². The van der Waals surface area contributed by atoms with E-state index in [0.29, 0.717) is 12.1 Å². The summed E-state index contributed by atoms with van der Waals surface area (Å²) in [7, 11) is 0. The molecule has 3 aromatic rings. The molecule has 1 amide bonds. The Morgan fingerprint density at radius 3 is 2.54 bits per heavy atom. The molecule has 1 saturated heterocycles. The molecule has 0 spiro atoms. The molecule has 28 heavy (non-hydrogen) atoms. The fourth-order valence-corrected chi connectivity index (χ4v) is 3.61. The molecule has 7 nitrogen and oxygen atoms in total. The van der Waals surface area contributed by atoms with Gasteiger partial charge in [-0.15, -0.1) is 0 Å². The maximum absolute atomic E-state index is 13.2. The van der Waals surface area contributed by atoms with Crippen LogP contribution in [0.5, 0.6) is 0 Å². The van der Waals surface area contributed by atoms with Crippen LogP contribution in [0.15, 0.2) is 43.1 Å². The summed E-state index contributed by atoms with van der Waals surface area (Å²) < 4.78 is 0. The average molecular weight is 376 g/mol. The first-order chi connectivity index (χ1) is 13.4. The van der Waals surface area contributed by atoms with Crippen molar-refractivity contribution < 1.29 is 4.79 Å². The molecule has 0 radical (unpaired) electrons. The van der Waals surface area contributed by atoms with Gasteiger partial charge in [-0.1, -0.05) is 20.8 Å². The van der Waals surface area contributed by atoms with Crippen molar-refractivity contribution >= 4 is 5.91 Å². The summed E-state index contributed by atoms with van der Waals surface area (Å²) in [6, 6.07) is 3.86. The van der Waals surface area contributed by atoms with E-state index in [-0.39, 0.29) is 17.4 Å². The first kappa shape index (κ1) is 18.3. The molecule has 144 valence electrons. The van der Waals surface area contributed by atoms with E-state index in [2.05, 4.69) is 45.9 Å². The highest BCUT2D eigenvalue weighted by Gasteiger charge is 2.33. The molecule has 4 rings (SSSR count). The fourth-order valence-electron chi connectivity index (χ4n) is 3.61. The normalized spacial score (nSPS) is 17.1. The number of amides is 1. The van der Waals surface area contributed by atoms with Crippen molar-refractivity contribution in [1.82, 2.24) is 30.0 Å². The van der Waals surface area contributed by atoms with Gasteiger partial charge in [0.25, 0.3) is 5.91 Å². The number of H-pyrrole nitrogens is 1. The van der Waals surface area contributed by atoms with Gasteiger partial charge in [0.1, 0.15) is 5.82 Å². The van der Waals surface area contributed by atoms with Crippen molar-refractivity contribution in [3.63, 3.8) is 0 Å². The van der Waals surface area contributed by atoms with Crippen LogP contribution >= 0.6 is 0 Å². The summed E-state index contributed by atoms with van der Waals surface area (Å²) in [6.07, 6.45) is 10.5. The quantitative estimate of drug-likeness (QED) is 0.755. The van der Waals surface area contributed by atoms with Crippen LogP contribution in [0.4, 0.5) is 0 Å². The van der Waals surface area contributed by atoms with Gasteiger partial charge in [-0.05, 0) is 30.5 Å². The fraction of sp³-hybridized carbons (Fsp3) is 0.381. The predicted molar refractivity (Wildman–Crippen MR) is 106 cm³/mol. The summed E-state index contributed by atoms with van der Waals surface area (Å²) in [6.45, 7) is 6.87. The number of aromatic nitrogens is 5. The van der Waals surface area contributed by atoms with E-state index in [1.54, 1.807) is 24.8 Å². The molecule has 7 heteroatoms. The molecule has 1 fully saturated rings. The van der Waals surface area contributed by atoms with E-state index < -0.39 is 0 Å². The number of pyridine rings is 1. The van der Waals surface area contributed by atoms with Crippen molar-refractivity contribution in [2.75, 3.05) is 6.54 Å². The van der Waals surface area contributed by atoms with Crippen molar-refractivity contribution in [1.29, 1.82) is 0 Å². The Morgan fingerprint density at radius 1 is 1.14 bits per heavy atom. The van der Waals surface area contributed by atoms with Crippen LogP contribution < -0.4 is 0 Å². The third-order valence-electron chi connectivity index (χ3n) is 5.08. The van der Waals surface area contributed by atoms with Crippen LogP contribution in [0.2, 0.25) is 0 Å². The smallest absolute Gasteiger partial charge is 0.257 e. The van der Waals surface area contributed by atoms with Crippen LogP contribution in [-0.2, 0) is 5.41 Å². The summed E-state index contributed by atoms with van der Waals surface area (Å²) in [5.74, 6) is 0.689. The number of aromatic amines is 1. The average Bonchev–Trinajstić information content (AvgIpc) is 3.36. The highest BCUT2D eigenvalue weighted by Crippen LogP contribution is 2.37. The molecular weight excluding hydrogens is 352 g/mol. The van der Waals surface area contributed by atoms with Gasteiger partial charge < -0.3 is 4.90 Å². The van der Waals surface area contributed by atoms with Crippen LogP contribution in [0, 0.1) is 0 Å². The monoisotopic (exact) mass is 376 g/mol. The molecule has 0 aliphatic carbocycles. The molecule has 1 N–H and O–H groups in total. The molecule has 0 saturated carbocycles. The van der Waals surface area contributed by atoms with Crippen LogP contribution in [0.25, 0.3) is 11.1 Å².